The molecule has 0 spiro atoms. The fourth-order valence-corrected chi connectivity index (χ4v) is 4.50. The lowest BCUT2D eigenvalue weighted by molar-refractivity contribution is 0.212. The molecule has 0 bridgehead atoms. The third kappa shape index (κ3) is 4.63. The van der Waals surface area contributed by atoms with Gasteiger partial charge in [-0.2, -0.15) is 5.10 Å². The van der Waals surface area contributed by atoms with Crippen molar-refractivity contribution in [3.63, 3.8) is 0 Å². The number of benzene rings is 1. The van der Waals surface area contributed by atoms with Gasteiger partial charge in [0.15, 0.2) is 11.6 Å². The van der Waals surface area contributed by atoms with E-state index in [0.717, 1.165) is 37.1 Å². The monoisotopic (exact) mass is 463 g/mol. The molecule has 0 radical (unpaired) electrons. The summed E-state index contributed by atoms with van der Waals surface area (Å²) in [5.74, 6) is 0.0353. The Morgan fingerprint density at radius 3 is 2.68 bits per heavy atom. The van der Waals surface area contributed by atoms with Gasteiger partial charge in [0.25, 0.3) is 0 Å². The molecular formula is C22H24Cl2FN5O. The quantitative estimate of drug-likeness (QED) is 0.514. The standard InChI is InChI=1S/C22H24Cl2FN5O/c1-13(20-17(23)3-4-18(25)21(20)24)31-19-9-14(10-27-22(19)26)15-11-28-30(12-15)16-5-7-29(2)8-6-16/h3-4,9-13,16H,5-8H2,1-2H3,(H2,26,27). The van der Waals surface area contributed by atoms with E-state index in [2.05, 4.69) is 22.0 Å². The molecule has 1 aliphatic heterocycles. The molecule has 1 unspecified atom stereocenters. The zero-order chi connectivity index (χ0) is 22.1. The van der Waals surface area contributed by atoms with Crippen molar-refractivity contribution in [1.82, 2.24) is 19.7 Å². The molecule has 1 saturated heterocycles. The number of nitrogen functional groups attached to an aromatic ring is 1. The number of hydrogen-bond acceptors (Lipinski definition) is 5. The van der Waals surface area contributed by atoms with E-state index in [1.54, 1.807) is 19.2 Å². The van der Waals surface area contributed by atoms with Gasteiger partial charge in [-0.1, -0.05) is 23.2 Å². The van der Waals surface area contributed by atoms with E-state index in [9.17, 15) is 4.39 Å². The molecule has 2 N–H and O–H groups in total. The number of piperidine rings is 1. The van der Waals surface area contributed by atoms with Gasteiger partial charge in [-0.3, -0.25) is 4.68 Å². The van der Waals surface area contributed by atoms with Gasteiger partial charge in [0.2, 0.25) is 0 Å². The maximum atomic E-state index is 13.9. The Bertz CT molecular complexity index is 1080. The van der Waals surface area contributed by atoms with Gasteiger partial charge in [0, 0.05) is 34.1 Å². The van der Waals surface area contributed by atoms with E-state index in [0.29, 0.717) is 22.4 Å². The molecule has 164 valence electrons. The number of ether oxygens (including phenoxy) is 1. The van der Waals surface area contributed by atoms with Crippen LogP contribution in [0.3, 0.4) is 0 Å². The smallest absolute Gasteiger partial charge is 0.166 e. The summed E-state index contributed by atoms with van der Waals surface area (Å²) in [5.41, 5.74) is 8.15. The van der Waals surface area contributed by atoms with Gasteiger partial charge < -0.3 is 15.4 Å². The molecule has 31 heavy (non-hydrogen) atoms. The number of aromatic nitrogens is 3. The Kier molecular flexibility index (Phi) is 6.36. The van der Waals surface area contributed by atoms with Crippen LogP contribution in [0.15, 0.2) is 36.8 Å². The summed E-state index contributed by atoms with van der Waals surface area (Å²) in [6.45, 7) is 3.85. The van der Waals surface area contributed by atoms with E-state index in [-0.39, 0.29) is 10.8 Å². The molecule has 1 aliphatic rings. The van der Waals surface area contributed by atoms with Crippen LogP contribution >= 0.6 is 23.2 Å². The van der Waals surface area contributed by atoms with Crippen molar-refractivity contribution in [3.05, 3.63) is 58.2 Å². The SMILES string of the molecule is CC(Oc1cc(-c2cnn(C3CCN(C)CC3)c2)cnc1N)c1c(Cl)ccc(F)c1Cl. The van der Waals surface area contributed by atoms with Gasteiger partial charge in [0.05, 0.1) is 17.3 Å². The molecule has 1 atom stereocenters. The molecule has 6 nitrogen and oxygen atoms in total. The third-order valence-electron chi connectivity index (χ3n) is 5.67. The van der Waals surface area contributed by atoms with Crippen molar-refractivity contribution in [1.29, 1.82) is 0 Å². The van der Waals surface area contributed by atoms with Crippen molar-refractivity contribution < 1.29 is 9.13 Å². The van der Waals surface area contributed by atoms with Crippen molar-refractivity contribution >= 4 is 29.0 Å². The Labute approximate surface area is 190 Å². The van der Waals surface area contributed by atoms with Crippen LogP contribution in [0.1, 0.15) is 37.5 Å². The van der Waals surface area contributed by atoms with Crippen LogP contribution in [-0.4, -0.2) is 39.8 Å². The number of pyridine rings is 1. The first-order valence-electron chi connectivity index (χ1n) is 10.1. The largest absolute Gasteiger partial charge is 0.482 e. The summed E-state index contributed by atoms with van der Waals surface area (Å²) in [5, 5.41) is 4.81. The molecule has 1 aromatic carbocycles. The zero-order valence-electron chi connectivity index (χ0n) is 17.4. The third-order valence-corrected chi connectivity index (χ3v) is 6.38. The molecule has 9 heteroatoms. The lowest BCUT2D eigenvalue weighted by Crippen LogP contribution is -2.31. The van der Waals surface area contributed by atoms with Crippen LogP contribution in [-0.2, 0) is 0 Å². The molecule has 0 aliphatic carbocycles. The Morgan fingerprint density at radius 1 is 1.19 bits per heavy atom. The number of halogens is 3. The van der Waals surface area contributed by atoms with Gasteiger partial charge in [-0.05, 0) is 58.1 Å². The number of likely N-dealkylation sites (tertiary alicyclic amines) is 1. The summed E-state index contributed by atoms with van der Waals surface area (Å²) < 4.78 is 21.9. The van der Waals surface area contributed by atoms with Crippen LogP contribution in [0, 0.1) is 5.82 Å². The van der Waals surface area contributed by atoms with Gasteiger partial charge in [-0.15, -0.1) is 0 Å². The maximum absolute atomic E-state index is 13.9. The van der Waals surface area contributed by atoms with Crippen LogP contribution in [0.25, 0.3) is 11.1 Å². The predicted molar refractivity (Wildman–Crippen MR) is 121 cm³/mol. The average Bonchev–Trinajstić information content (AvgIpc) is 3.23. The maximum Gasteiger partial charge on any atom is 0.166 e. The highest BCUT2D eigenvalue weighted by Gasteiger charge is 2.21. The summed E-state index contributed by atoms with van der Waals surface area (Å²) in [6.07, 6.45) is 7.04. The summed E-state index contributed by atoms with van der Waals surface area (Å²) in [6, 6.07) is 4.86. The average molecular weight is 464 g/mol. The summed E-state index contributed by atoms with van der Waals surface area (Å²) >= 11 is 12.3. The van der Waals surface area contributed by atoms with Crippen molar-refractivity contribution in [2.45, 2.75) is 31.9 Å². The van der Waals surface area contributed by atoms with E-state index < -0.39 is 11.9 Å². The fraction of sp³-hybridized carbons (Fsp3) is 0.364. The first-order valence-corrected chi connectivity index (χ1v) is 10.9. The first-order chi connectivity index (χ1) is 14.8. The Hall–Kier alpha value is -2.35. The summed E-state index contributed by atoms with van der Waals surface area (Å²) in [4.78, 5) is 6.59. The van der Waals surface area contributed by atoms with Crippen molar-refractivity contribution in [3.8, 4) is 16.9 Å². The number of hydrogen-bond donors (Lipinski definition) is 1. The summed E-state index contributed by atoms with van der Waals surface area (Å²) in [7, 11) is 2.14. The van der Waals surface area contributed by atoms with Crippen LogP contribution in [0.5, 0.6) is 5.75 Å². The second-order valence-corrected chi connectivity index (χ2v) is 8.65. The topological polar surface area (TPSA) is 69.2 Å². The minimum atomic E-state index is -0.628. The zero-order valence-corrected chi connectivity index (χ0v) is 18.9. The molecule has 0 amide bonds. The van der Waals surface area contributed by atoms with E-state index in [4.69, 9.17) is 33.7 Å². The highest BCUT2D eigenvalue weighted by Crippen LogP contribution is 2.37. The predicted octanol–water partition coefficient (Wildman–Crippen LogP) is 5.38. The van der Waals surface area contributed by atoms with Crippen LogP contribution < -0.4 is 10.5 Å². The highest BCUT2D eigenvalue weighted by atomic mass is 35.5. The fourth-order valence-electron chi connectivity index (χ4n) is 3.82. The molecule has 3 aromatic rings. The van der Waals surface area contributed by atoms with Gasteiger partial charge in [-0.25, -0.2) is 9.37 Å². The lowest BCUT2D eigenvalue weighted by atomic mass is 10.1. The van der Waals surface area contributed by atoms with E-state index in [1.807, 2.05) is 17.1 Å². The van der Waals surface area contributed by atoms with E-state index >= 15 is 0 Å². The number of nitrogens with two attached hydrogens (primary N) is 1. The molecule has 1 fully saturated rings. The van der Waals surface area contributed by atoms with Crippen molar-refractivity contribution in [2.24, 2.45) is 0 Å². The minimum absolute atomic E-state index is 0.0675. The first kappa shape index (κ1) is 21.9. The van der Waals surface area contributed by atoms with Crippen molar-refractivity contribution in [2.75, 3.05) is 25.9 Å². The number of anilines is 1. The molecule has 0 saturated carbocycles. The van der Waals surface area contributed by atoms with Crippen LogP contribution in [0.2, 0.25) is 10.0 Å². The number of rotatable bonds is 5. The normalized spacial score (nSPS) is 16.4. The number of nitrogens with zero attached hydrogens (tertiary/aromatic N) is 4. The molecular weight excluding hydrogens is 440 g/mol. The van der Waals surface area contributed by atoms with E-state index in [1.165, 1.54) is 12.1 Å². The molecule has 4 rings (SSSR count). The second kappa shape index (κ2) is 9.02. The lowest BCUT2D eigenvalue weighted by Gasteiger charge is -2.28. The van der Waals surface area contributed by atoms with Gasteiger partial charge in [0.1, 0.15) is 11.9 Å². The minimum Gasteiger partial charge on any atom is -0.482 e. The van der Waals surface area contributed by atoms with Gasteiger partial charge >= 0.3 is 0 Å². The molecule has 3 heterocycles. The second-order valence-electron chi connectivity index (χ2n) is 7.87. The van der Waals surface area contributed by atoms with Crippen LogP contribution in [0.4, 0.5) is 10.2 Å². The highest BCUT2D eigenvalue weighted by molar-refractivity contribution is 6.36. The molecule has 2 aromatic heterocycles. The Morgan fingerprint density at radius 2 is 1.94 bits per heavy atom. The Balaban J connectivity index is 1.56.